The van der Waals surface area contributed by atoms with Gasteiger partial charge in [-0.25, -0.2) is 4.79 Å². The van der Waals surface area contributed by atoms with Crippen molar-refractivity contribution in [2.45, 2.75) is 70.6 Å². The molecule has 10 heteroatoms. The maximum atomic E-state index is 12.5. The normalized spacial score (nSPS) is 19.5. The van der Waals surface area contributed by atoms with Gasteiger partial charge in [0.2, 0.25) is 17.7 Å². The van der Waals surface area contributed by atoms with Crippen LogP contribution in [0.5, 0.6) is 0 Å². The lowest BCUT2D eigenvalue weighted by molar-refractivity contribution is -0.143. The number of carboxylic acids is 1. The zero-order valence-electron chi connectivity index (χ0n) is 16.7. The Morgan fingerprint density at radius 1 is 1.07 bits per heavy atom. The third-order valence-electron chi connectivity index (χ3n) is 4.63. The lowest BCUT2D eigenvalue weighted by Crippen LogP contribution is -2.58. The summed E-state index contributed by atoms with van der Waals surface area (Å²) in [6, 6.07) is -3.64. The fourth-order valence-corrected chi connectivity index (χ4v) is 2.97. The van der Waals surface area contributed by atoms with Crippen LogP contribution in [0.2, 0.25) is 0 Å². The summed E-state index contributed by atoms with van der Waals surface area (Å²) < 4.78 is 0. The molecule has 3 amide bonds. The predicted octanol–water partition coefficient (Wildman–Crippen LogP) is -1.27. The molecule has 1 aliphatic rings. The molecule has 0 aliphatic carbocycles. The highest BCUT2D eigenvalue weighted by molar-refractivity contribution is 5.94. The number of nitrogens with one attached hydrogen (secondary N) is 4. The van der Waals surface area contributed by atoms with Crippen molar-refractivity contribution in [2.75, 3.05) is 13.2 Å². The number of aliphatic hydroxyl groups excluding tert-OH is 1. The average Bonchev–Trinajstić information content (AvgIpc) is 3.17. The molecule has 1 saturated heterocycles. The van der Waals surface area contributed by atoms with Crippen molar-refractivity contribution in [3.8, 4) is 0 Å². The van der Waals surface area contributed by atoms with Gasteiger partial charge in [0.25, 0.3) is 0 Å². The summed E-state index contributed by atoms with van der Waals surface area (Å²) in [5.74, 6) is -3.18. The highest BCUT2D eigenvalue weighted by Gasteiger charge is 2.31. The Bertz CT molecular complexity index is 562. The fourth-order valence-electron chi connectivity index (χ4n) is 2.97. The standard InChI is InChI=1S/C18H32N4O6/c1-4-6-12(16(25)22-14(10(2)3)18(27)28)20-17(26)13(9-23)21-15(24)11-7-5-8-19-11/h10-14,19,23H,4-9H2,1-3H3,(H,20,26)(H,21,24)(H,22,25)(H,27,28)/t11-,12-,13-,14-/m0/s1. The zero-order chi connectivity index (χ0) is 21.3. The van der Waals surface area contributed by atoms with Crippen molar-refractivity contribution in [2.24, 2.45) is 5.92 Å². The third kappa shape index (κ3) is 7.08. The zero-order valence-corrected chi connectivity index (χ0v) is 16.7. The molecular formula is C18H32N4O6. The Labute approximate surface area is 164 Å². The Morgan fingerprint density at radius 2 is 1.71 bits per heavy atom. The molecule has 1 heterocycles. The smallest absolute Gasteiger partial charge is 0.326 e. The van der Waals surface area contributed by atoms with E-state index in [-0.39, 0.29) is 18.2 Å². The van der Waals surface area contributed by atoms with Crippen LogP contribution < -0.4 is 21.3 Å². The number of aliphatic hydroxyl groups is 1. The van der Waals surface area contributed by atoms with E-state index in [4.69, 9.17) is 0 Å². The Morgan fingerprint density at radius 3 is 2.18 bits per heavy atom. The first-order valence-electron chi connectivity index (χ1n) is 9.69. The minimum Gasteiger partial charge on any atom is -0.480 e. The maximum Gasteiger partial charge on any atom is 0.326 e. The molecule has 0 saturated carbocycles. The van der Waals surface area contributed by atoms with Gasteiger partial charge in [-0.15, -0.1) is 0 Å². The lowest BCUT2D eigenvalue weighted by atomic mass is 10.0. The molecular weight excluding hydrogens is 368 g/mol. The second-order valence-electron chi connectivity index (χ2n) is 7.31. The van der Waals surface area contributed by atoms with E-state index in [1.165, 1.54) is 0 Å². The van der Waals surface area contributed by atoms with Crippen LogP contribution in [0.15, 0.2) is 0 Å². The molecule has 0 spiro atoms. The Balaban J connectivity index is 2.73. The molecule has 10 nitrogen and oxygen atoms in total. The summed E-state index contributed by atoms with van der Waals surface area (Å²) in [5, 5.41) is 29.1. The van der Waals surface area contributed by atoms with Gasteiger partial charge in [0.1, 0.15) is 18.1 Å². The second kappa shape index (κ2) is 11.6. The Kier molecular flexibility index (Phi) is 9.88. The van der Waals surface area contributed by atoms with Gasteiger partial charge in [-0.05, 0) is 31.7 Å². The maximum absolute atomic E-state index is 12.5. The molecule has 0 aromatic heterocycles. The molecule has 6 N–H and O–H groups in total. The van der Waals surface area contributed by atoms with Gasteiger partial charge >= 0.3 is 5.97 Å². The summed E-state index contributed by atoms with van der Waals surface area (Å²) in [6.07, 6.45) is 2.36. The van der Waals surface area contributed by atoms with E-state index >= 15 is 0 Å². The van der Waals surface area contributed by atoms with Crippen LogP contribution in [-0.2, 0) is 19.2 Å². The van der Waals surface area contributed by atoms with Crippen LogP contribution in [-0.4, -0.2) is 71.2 Å². The molecule has 0 aromatic carbocycles. The van der Waals surface area contributed by atoms with E-state index in [9.17, 15) is 29.4 Å². The van der Waals surface area contributed by atoms with Gasteiger partial charge < -0.3 is 31.5 Å². The SMILES string of the molecule is CCC[C@H](NC(=O)[C@H](CO)NC(=O)[C@@H]1CCCN1)C(=O)N[C@H](C(=O)O)C(C)C. The topological polar surface area (TPSA) is 157 Å². The largest absolute Gasteiger partial charge is 0.480 e. The lowest BCUT2D eigenvalue weighted by Gasteiger charge is -2.25. The van der Waals surface area contributed by atoms with Crippen molar-refractivity contribution < 1.29 is 29.4 Å². The quantitative estimate of drug-likeness (QED) is 0.252. The van der Waals surface area contributed by atoms with Crippen LogP contribution >= 0.6 is 0 Å². The minimum atomic E-state index is -1.19. The highest BCUT2D eigenvalue weighted by atomic mass is 16.4. The highest BCUT2D eigenvalue weighted by Crippen LogP contribution is 2.06. The van der Waals surface area contributed by atoms with Gasteiger partial charge in [0, 0.05) is 0 Å². The van der Waals surface area contributed by atoms with Crippen LogP contribution in [0.4, 0.5) is 0 Å². The van der Waals surface area contributed by atoms with Crippen molar-refractivity contribution in [1.82, 2.24) is 21.3 Å². The van der Waals surface area contributed by atoms with E-state index < -0.39 is 48.6 Å². The average molecular weight is 400 g/mol. The molecule has 28 heavy (non-hydrogen) atoms. The third-order valence-corrected chi connectivity index (χ3v) is 4.63. The van der Waals surface area contributed by atoms with Gasteiger partial charge in [0.15, 0.2) is 0 Å². The van der Waals surface area contributed by atoms with Crippen molar-refractivity contribution in [3.05, 3.63) is 0 Å². The first kappa shape index (κ1) is 23.8. The van der Waals surface area contributed by atoms with E-state index in [1.807, 2.05) is 6.92 Å². The summed E-state index contributed by atoms with van der Waals surface area (Å²) in [5.41, 5.74) is 0. The summed E-state index contributed by atoms with van der Waals surface area (Å²) >= 11 is 0. The number of carbonyl (C=O) groups excluding carboxylic acids is 3. The number of amides is 3. The minimum absolute atomic E-state index is 0.290. The number of carbonyl (C=O) groups is 4. The number of hydrogen-bond acceptors (Lipinski definition) is 6. The molecule has 0 radical (unpaired) electrons. The summed E-state index contributed by atoms with van der Waals surface area (Å²) in [4.78, 5) is 48.4. The molecule has 1 aliphatic heterocycles. The molecule has 160 valence electrons. The number of aliphatic carboxylic acids is 1. The van der Waals surface area contributed by atoms with Crippen molar-refractivity contribution in [1.29, 1.82) is 0 Å². The van der Waals surface area contributed by atoms with Crippen molar-refractivity contribution >= 4 is 23.7 Å². The molecule has 0 unspecified atom stereocenters. The van der Waals surface area contributed by atoms with Gasteiger partial charge in [-0.1, -0.05) is 27.2 Å². The second-order valence-corrected chi connectivity index (χ2v) is 7.31. The molecule has 4 atom stereocenters. The first-order valence-corrected chi connectivity index (χ1v) is 9.69. The number of hydrogen-bond donors (Lipinski definition) is 6. The van der Waals surface area contributed by atoms with Gasteiger partial charge in [0.05, 0.1) is 12.6 Å². The van der Waals surface area contributed by atoms with Crippen LogP contribution in [0, 0.1) is 5.92 Å². The molecule has 0 bridgehead atoms. The molecule has 1 fully saturated rings. The van der Waals surface area contributed by atoms with Crippen molar-refractivity contribution in [3.63, 3.8) is 0 Å². The van der Waals surface area contributed by atoms with Gasteiger partial charge in [-0.2, -0.15) is 0 Å². The summed E-state index contributed by atoms with van der Waals surface area (Å²) in [6.45, 7) is 5.25. The van der Waals surface area contributed by atoms with Gasteiger partial charge in [-0.3, -0.25) is 14.4 Å². The molecule has 0 aromatic rings. The summed E-state index contributed by atoms with van der Waals surface area (Å²) in [7, 11) is 0. The first-order chi connectivity index (χ1) is 13.2. The fraction of sp³-hybridized carbons (Fsp3) is 0.778. The monoisotopic (exact) mass is 400 g/mol. The van der Waals surface area contributed by atoms with Crippen LogP contribution in [0.3, 0.4) is 0 Å². The molecule has 1 rings (SSSR count). The predicted molar refractivity (Wildman–Crippen MR) is 101 cm³/mol. The van der Waals surface area contributed by atoms with E-state index in [0.717, 1.165) is 6.42 Å². The van der Waals surface area contributed by atoms with E-state index in [0.29, 0.717) is 19.4 Å². The Hall–Kier alpha value is -2.20. The van der Waals surface area contributed by atoms with Crippen LogP contribution in [0.25, 0.3) is 0 Å². The van der Waals surface area contributed by atoms with E-state index in [2.05, 4.69) is 21.3 Å². The van der Waals surface area contributed by atoms with Crippen LogP contribution in [0.1, 0.15) is 46.5 Å². The number of carboxylic acid groups (broad SMARTS) is 1. The van der Waals surface area contributed by atoms with E-state index in [1.54, 1.807) is 13.8 Å². The number of rotatable bonds is 11.